The smallest absolute Gasteiger partial charge is 0.0705 e. The van der Waals surface area contributed by atoms with Gasteiger partial charge in [0.15, 0.2) is 0 Å². The van der Waals surface area contributed by atoms with E-state index >= 15 is 0 Å². The summed E-state index contributed by atoms with van der Waals surface area (Å²) < 4.78 is 0. The molecule has 1 aliphatic heterocycles. The predicted molar refractivity (Wildman–Crippen MR) is 64.2 cm³/mol. The van der Waals surface area contributed by atoms with Crippen LogP contribution in [0.4, 0.5) is 0 Å². The molecular weight excluding hydrogens is 188 g/mol. The molecule has 1 saturated heterocycles. The van der Waals surface area contributed by atoms with Gasteiger partial charge in [0.1, 0.15) is 0 Å². The third-order valence-electron chi connectivity index (χ3n) is 2.85. The van der Waals surface area contributed by atoms with Gasteiger partial charge >= 0.3 is 0 Å². The van der Waals surface area contributed by atoms with Gasteiger partial charge in [-0.15, -0.1) is 0 Å². The molecule has 0 aromatic rings. The van der Waals surface area contributed by atoms with Crippen molar-refractivity contribution in [1.29, 1.82) is 5.41 Å². The van der Waals surface area contributed by atoms with Crippen LogP contribution in [0.25, 0.3) is 0 Å². The molecule has 15 heavy (non-hydrogen) atoms. The molecule has 86 valence electrons. The Kier molecular flexibility index (Phi) is 4.62. The van der Waals surface area contributed by atoms with Crippen LogP contribution < -0.4 is 5.32 Å². The molecule has 0 saturated carbocycles. The quantitative estimate of drug-likeness (QED) is 0.672. The highest BCUT2D eigenvalue weighted by Gasteiger charge is 2.19. The Bertz CT molecular complexity index is 227. The van der Waals surface area contributed by atoms with Gasteiger partial charge < -0.3 is 15.6 Å². The average Bonchev–Trinajstić information content (AvgIpc) is 2.26. The average molecular weight is 210 g/mol. The predicted octanol–water partition coefficient (Wildman–Crippen LogP) is 0.723. The molecule has 0 unspecified atom stereocenters. The highest BCUT2D eigenvalue weighted by atomic mass is 15.3. The lowest BCUT2D eigenvalue weighted by Gasteiger charge is -2.38. The molecule has 1 rings (SSSR count). The lowest BCUT2D eigenvalue weighted by Crippen LogP contribution is -2.48. The zero-order chi connectivity index (χ0) is 11.3. The maximum atomic E-state index is 7.35. The fourth-order valence-electron chi connectivity index (χ4n) is 1.87. The van der Waals surface area contributed by atoms with Crippen LogP contribution in [-0.2, 0) is 0 Å². The Hall–Kier alpha value is -1.03. The van der Waals surface area contributed by atoms with Gasteiger partial charge in [-0.3, -0.25) is 4.90 Å². The van der Waals surface area contributed by atoms with Gasteiger partial charge in [0, 0.05) is 51.7 Å². The monoisotopic (exact) mass is 210 g/mol. The highest BCUT2D eigenvalue weighted by molar-refractivity contribution is 5.74. The van der Waals surface area contributed by atoms with Gasteiger partial charge in [-0.1, -0.05) is 0 Å². The molecule has 0 bridgehead atoms. The minimum atomic E-state index is 0.629. The van der Waals surface area contributed by atoms with Crippen molar-refractivity contribution in [3.8, 4) is 0 Å². The summed E-state index contributed by atoms with van der Waals surface area (Å²) in [6.45, 7) is 8.68. The van der Waals surface area contributed by atoms with Crippen LogP contribution in [0.15, 0.2) is 11.9 Å². The fraction of sp³-hybridized carbons (Fsp3) is 0.727. The van der Waals surface area contributed by atoms with Crippen LogP contribution in [0.3, 0.4) is 0 Å². The van der Waals surface area contributed by atoms with E-state index in [2.05, 4.69) is 29.0 Å². The minimum Gasteiger partial charge on any atom is -0.392 e. The maximum absolute atomic E-state index is 7.35. The summed E-state index contributed by atoms with van der Waals surface area (Å²) in [5.74, 6) is 0. The second-order valence-electron chi connectivity index (χ2n) is 4.12. The van der Waals surface area contributed by atoms with E-state index in [1.54, 1.807) is 0 Å². The van der Waals surface area contributed by atoms with Crippen molar-refractivity contribution < 1.29 is 0 Å². The summed E-state index contributed by atoms with van der Waals surface area (Å²) in [5, 5.41) is 10.3. The topological polar surface area (TPSA) is 42.4 Å². The first kappa shape index (κ1) is 12.0. The van der Waals surface area contributed by atoms with Crippen molar-refractivity contribution in [3.63, 3.8) is 0 Å². The normalized spacial score (nSPS) is 19.5. The zero-order valence-corrected chi connectivity index (χ0v) is 9.95. The van der Waals surface area contributed by atoms with Crippen molar-refractivity contribution in [3.05, 3.63) is 11.9 Å². The van der Waals surface area contributed by atoms with E-state index < -0.39 is 0 Å². The number of nitrogens with one attached hydrogen (secondary N) is 2. The summed E-state index contributed by atoms with van der Waals surface area (Å²) in [6, 6.07) is 0.629. The Labute approximate surface area is 92.4 Å². The van der Waals surface area contributed by atoms with E-state index in [-0.39, 0.29) is 0 Å². The van der Waals surface area contributed by atoms with Crippen LogP contribution in [0.2, 0.25) is 0 Å². The van der Waals surface area contributed by atoms with Gasteiger partial charge in [-0.2, -0.15) is 0 Å². The second-order valence-corrected chi connectivity index (χ2v) is 4.12. The van der Waals surface area contributed by atoms with Crippen LogP contribution in [0, 0.1) is 5.41 Å². The van der Waals surface area contributed by atoms with Gasteiger partial charge in [-0.05, 0) is 13.8 Å². The van der Waals surface area contributed by atoms with Crippen molar-refractivity contribution in [1.82, 2.24) is 15.1 Å². The van der Waals surface area contributed by atoms with E-state index in [4.69, 9.17) is 5.41 Å². The largest absolute Gasteiger partial charge is 0.392 e. The molecule has 1 heterocycles. The van der Waals surface area contributed by atoms with Crippen molar-refractivity contribution >= 4 is 6.21 Å². The Morgan fingerprint density at radius 2 is 1.87 bits per heavy atom. The van der Waals surface area contributed by atoms with Crippen LogP contribution >= 0.6 is 0 Å². The molecule has 0 aromatic carbocycles. The Morgan fingerprint density at radius 3 is 2.27 bits per heavy atom. The van der Waals surface area contributed by atoms with E-state index in [1.165, 1.54) is 6.21 Å². The van der Waals surface area contributed by atoms with Crippen molar-refractivity contribution in [2.75, 3.05) is 33.2 Å². The lowest BCUT2D eigenvalue weighted by atomic mass is 10.2. The maximum Gasteiger partial charge on any atom is 0.0705 e. The molecule has 0 aliphatic carbocycles. The number of rotatable bonds is 4. The molecule has 0 atom stereocenters. The SMILES string of the molecule is CN/C=C(\C=N)N1CCN(C(C)C)CC1. The minimum absolute atomic E-state index is 0.629. The first-order chi connectivity index (χ1) is 7.19. The molecule has 2 N–H and O–H groups in total. The third-order valence-corrected chi connectivity index (χ3v) is 2.85. The number of allylic oxidation sites excluding steroid dienone is 1. The number of hydrogen-bond acceptors (Lipinski definition) is 4. The lowest BCUT2D eigenvalue weighted by molar-refractivity contribution is 0.134. The summed E-state index contributed by atoms with van der Waals surface area (Å²) in [6.07, 6.45) is 3.31. The summed E-state index contributed by atoms with van der Waals surface area (Å²) in [7, 11) is 1.87. The number of piperazine rings is 1. The van der Waals surface area contributed by atoms with Gasteiger partial charge in [-0.25, -0.2) is 0 Å². The van der Waals surface area contributed by atoms with Gasteiger partial charge in [0.05, 0.1) is 5.70 Å². The van der Waals surface area contributed by atoms with Gasteiger partial charge in [0.25, 0.3) is 0 Å². The molecular formula is C11H22N4. The Balaban J connectivity index is 2.49. The molecule has 1 aliphatic rings. The van der Waals surface area contributed by atoms with E-state index in [0.717, 1.165) is 31.9 Å². The summed E-state index contributed by atoms with van der Waals surface area (Å²) in [4.78, 5) is 4.72. The molecule has 1 fully saturated rings. The van der Waals surface area contributed by atoms with Crippen LogP contribution in [-0.4, -0.2) is 55.3 Å². The molecule has 0 amide bonds. The highest BCUT2D eigenvalue weighted by Crippen LogP contribution is 2.09. The zero-order valence-electron chi connectivity index (χ0n) is 9.95. The van der Waals surface area contributed by atoms with Crippen LogP contribution in [0.1, 0.15) is 13.8 Å². The van der Waals surface area contributed by atoms with Gasteiger partial charge in [0.2, 0.25) is 0 Å². The van der Waals surface area contributed by atoms with Crippen molar-refractivity contribution in [2.45, 2.75) is 19.9 Å². The third kappa shape index (κ3) is 3.23. The second kappa shape index (κ2) is 5.75. The summed E-state index contributed by atoms with van der Waals surface area (Å²) >= 11 is 0. The summed E-state index contributed by atoms with van der Waals surface area (Å²) in [5.41, 5.74) is 0.973. The van der Waals surface area contributed by atoms with Crippen molar-refractivity contribution in [2.24, 2.45) is 0 Å². The Morgan fingerprint density at radius 1 is 1.27 bits per heavy atom. The molecule has 0 radical (unpaired) electrons. The fourth-order valence-corrected chi connectivity index (χ4v) is 1.87. The number of nitrogens with zero attached hydrogens (tertiary/aromatic N) is 2. The van der Waals surface area contributed by atoms with Crippen LogP contribution in [0.5, 0.6) is 0 Å². The first-order valence-electron chi connectivity index (χ1n) is 5.56. The molecule has 4 heteroatoms. The molecule has 4 nitrogen and oxygen atoms in total. The standard InChI is InChI=1S/C11H22N4/c1-10(2)14-4-6-15(7-5-14)11(8-12)9-13-3/h8-10,12-13H,4-7H2,1-3H3/b11-9+,12-8?. The van der Waals surface area contributed by atoms with E-state index in [9.17, 15) is 0 Å². The van der Waals surface area contributed by atoms with E-state index in [1.807, 2.05) is 13.2 Å². The molecule has 0 aromatic heterocycles. The number of hydrogen-bond donors (Lipinski definition) is 2. The van der Waals surface area contributed by atoms with E-state index in [0.29, 0.717) is 6.04 Å². The first-order valence-corrected chi connectivity index (χ1v) is 5.56. The molecule has 0 spiro atoms.